The highest BCUT2D eigenvalue weighted by atomic mass is 32.1. The molecule has 0 spiro atoms. The minimum Gasteiger partial charge on any atom is -0.481 e. The van der Waals surface area contributed by atoms with Crippen molar-refractivity contribution in [3.8, 4) is 11.6 Å². The Balaban J connectivity index is 2.37. The first-order valence-corrected chi connectivity index (χ1v) is 6.43. The molecule has 0 atom stereocenters. The van der Waals surface area contributed by atoms with E-state index in [9.17, 15) is 4.39 Å². The van der Waals surface area contributed by atoms with E-state index in [2.05, 4.69) is 9.97 Å². The summed E-state index contributed by atoms with van der Waals surface area (Å²) in [5, 5.41) is 0. The number of nitrogens with zero attached hydrogens (tertiary/aromatic N) is 2. The third-order valence-electron chi connectivity index (χ3n) is 3.13. The number of hydrogen-bond acceptors (Lipinski definition) is 3. The summed E-state index contributed by atoms with van der Waals surface area (Å²) in [6.45, 7) is 1.90. The van der Waals surface area contributed by atoms with Crippen LogP contribution in [0.1, 0.15) is 5.56 Å². The number of nitrogens with one attached hydrogen (secondary N) is 1. The second-order valence-corrected chi connectivity index (χ2v) is 4.81. The van der Waals surface area contributed by atoms with E-state index in [-0.39, 0.29) is 5.82 Å². The molecule has 3 rings (SSSR count). The van der Waals surface area contributed by atoms with E-state index in [1.807, 2.05) is 13.0 Å². The van der Waals surface area contributed by atoms with E-state index in [0.29, 0.717) is 22.0 Å². The third-order valence-corrected chi connectivity index (χ3v) is 3.41. The fourth-order valence-electron chi connectivity index (χ4n) is 2.13. The maximum Gasteiger partial charge on any atom is 0.215 e. The molecule has 6 heteroatoms. The summed E-state index contributed by atoms with van der Waals surface area (Å²) in [6.07, 6.45) is 0. The molecule has 0 aliphatic rings. The predicted molar refractivity (Wildman–Crippen MR) is 77.5 cm³/mol. The van der Waals surface area contributed by atoms with Crippen molar-refractivity contribution in [3.63, 3.8) is 0 Å². The minimum absolute atomic E-state index is 0.315. The van der Waals surface area contributed by atoms with E-state index < -0.39 is 0 Å². The van der Waals surface area contributed by atoms with Crippen LogP contribution in [0.3, 0.4) is 0 Å². The number of ether oxygens (including phenoxy) is 1. The Bertz CT molecular complexity index is 853. The predicted octanol–water partition coefficient (Wildman–Crippen LogP) is 3.54. The zero-order chi connectivity index (χ0) is 14.3. The molecular formula is C14H12FN3OS. The van der Waals surface area contributed by atoms with Gasteiger partial charge in [-0.25, -0.2) is 4.39 Å². The first-order valence-electron chi connectivity index (χ1n) is 6.02. The van der Waals surface area contributed by atoms with Gasteiger partial charge in [-0.05, 0) is 42.9 Å². The van der Waals surface area contributed by atoms with Gasteiger partial charge < -0.3 is 9.72 Å². The summed E-state index contributed by atoms with van der Waals surface area (Å²) in [5.41, 5.74) is 2.97. The molecule has 0 fully saturated rings. The summed E-state index contributed by atoms with van der Waals surface area (Å²) < 4.78 is 20.8. The molecule has 0 radical (unpaired) electrons. The van der Waals surface area contributed by atoms with Crippen LogP contribution in [0.2, 0.25) is 0 Å². The lowest BCUT2D eigenvalue weighted by Gasteiger charge is -2.08. The number of rotatable bonds is 2. The number of pyridine rings is 1. The number of hydrogen-bond donors (Lipinski definition) is 1. The number of fused-ring (bicyclic) bond motifs is 1. The van der Waals surface area contributed by atoms with E-state index in [0.717, 1.165) is 11.1 Å². The van der Waals surface area contributed by atoms with Gasteiger partial charge in [0.25, 0.3) is 0 Å². The number of aromatic nitrogens is 3. The summed E-state index contributed by atoms with van der Waals surface area (Å²) in [7, 11) is 1.55. The van der Waals surface area contributed by atoms with Crippen molar-refractivity contribution in [2.75, 3.05) is 7.11 Å². The lowest BCUT2D eigenvalue weighted by Crippen LogP contribution is -2.00. The smallest absolute Gasteiger partial charge is 0.215 e. The third kappa shape index (κ3) is 1.98. The second-order valence-electron chi connectivity index (χ2n) is 4.42. The Labute approximate surface area is 119 Å². The first-order chi connectivity index (χ1) is 9.60. The molecule has 0 aliphatic heterocycles. The molecule has 4 nitrogen and oxygen atoms in total. The number of aromatic amines is 1. The monoisotopic (exact) mass is 289 g/mol. The molecule has 0 bridgehead atoms. The second kappa shape index (κ2) is 4.72. The lowest BCUT2D eigenvalue weighted by molar-refractivity contribution is 0.399. The Morgan fingerprint density at radius 3 is 2.85 bits per heavy atom. The zero-order valence-electron chi connectivity index (χ0n) is 11.0. The summed E-state index contributed by atoms with van der Waals surface area (Å²) in [5.74, 6) is 0.166. The van der Waals surface area contributed by atoms with Gasteiger partial charge in [-0.1, -0.05) is 6.07 Å². The molecule has 0 saturated heterocycles. The molecule has 0 amide bonds. The van der Waals surface area contributed by atoms with Gasteiger partial charge >= 0.3 is 0 Å². The number of halogens is 1. The maximum atomic E-state index is 13.5. The summed E-state index contributed by atoms with van der Waals surface area (Å²) in [4.78, 5) is 7.44. The van der Waals surface area contributed by atoms with Gasteiger partial charge in [0, 0.05) is 6.07 Å². The van der Waals surface area contributed by atoms with Gasteiger partial charge in [0.1, 0.15) is 5.82 Å². The standard InChI is InChI=1S/C14H12FN3OS/c1-8-3-4-9(15)7-11(8)18-13-10(16-14(18)20)5-6-12(17-13)19-2/h3-7H,1-2H3,(H,16,20). The number of benzene rings is 1. The van der Waals surface area contributed by atoms with Gasteiger partial charge in [0.05, 0.1) is 18.3 Å². The molecule has 0 saturated carbocycles. The summed E-state index contributed by atoms with van der Waals surface area (Å²) in [6, 6.07) is 8.16. The number of aryl methyl sites for hydroxylation is 1. The minimum atomic E-state index is -0.315. The topological polar surface area (TPSA) is 42.8 Å². The van der Waals surface area contributed by atoms with Crippen LogP contribution >= 0.6 is 12.2 Å². The maximum absolute atomic E-state index is 13.5. The number of methoxy groups -OCH3 is 1. The molecular weight excluding hydrogens is 277 g/mol. The first kappa shape index (κ1) is 12.8. The number of imidazole rings is 1. The normalized spacial score (nSPS) is 10.9. The van der Waals surface area contributed by atoms with Gasteiger partial charge in [0.15, 0.2) is 10.4 Å². The SMILES string of the molecule is COc1ccc2[nH]c(=S)n(-c3cc(F)ccc3C)c2n1. The van der Waals surface area contributed by atoms with Crippen LogP contribution in [0.4, 0.5) is 4.39 Å². The summed E-state index contributed by atoms with van der Waals surface area (Å²) >= 11 is 5.32. The van der Waals surface area contributed by atoms with E-state index in [1.165, 1.54) is 12.1 Å². The zero-order valence-corrected chi connectivity index (χ0v) is 11.8. The molecule has 0 unspecified atom stereocenters. The van der Waals surface area contributed by atoms with Crippen molar-refractivity contribution in [1.82, 2.24) is 14.5 Å². The van der Waals surface area contributed by atoms with Crippen molar-refractivity contribution in [1.29, 1.82) is 0 Å². The van der Waals surface area contributed by atoms with Gasteiger partial charge in [-0.2, -0.15) is 4.98 Å². The van der Waals surface area contributed by atoms with E-state index in [4.69, 9.17) is 17.0 Å². The van der Waals surface area contributed by atoms with Crippen molar-refractivity contribution in [2.24, 2.45) is 0 Å². The fourth-order valence-corrected chi connectivity index (χ4v) is 2.42. The lowest BCUT2D eigenvalue weighted by atomic mass is 10.2. The Hall–Kier alpha value is -2.21. The van der Waals surface area contributed by atoms with Crippen molar-refractivity contribution < 1.29 is 9.13 Å². The number of H-pyrrole nitrogens is 1. The highest BCUT2D eigenvalue weighted by Gasteiger charge is 2.11. The van der Waals surface area contributed by atoms with Crippen LogP contribution in [-0.4, -0.2) is 21.6 Å². The largest absolute Gasteiger partial charge is 0.481 e. The Morgan fingerprint density at radius 1 is 1.30 bits per heavy atom. The molecule has 2 aromatic heterocycles. The van der Waals surface area contributed by atoms with Crippen molar-refractivity contribution in [2.45, 2.75) is 6.92 Å². The van der Waals surface area contributed by atoms with Crippen molar-refractivity contribution in [3.05, 3.63) is 46.5 Å². The highest BCUT2D eigenvalue weighted by molar-refractivity contribution is 7.71. The molecule has 3 aromatic rings. The highest BCUT2D eigenvalue weighted by Crippen LogP contribution is 2.23. The van der Waals surface area contributed by atoms with Crippen LogP contribution in [-0.2, 0) is 0 Å². The molecule has 1 N–H and O–H groups in total. The molecule has 0 aliphatic carbocycles. The Morgan fingerprint density at radius 2 is 2.10 bits per heavy atom. The average Bonchev–Trinajstić information content (AvgIpc) is 2.76. The molecule has 20 heavy (non-hydrogen) atoms. The van der Waals surface area contributed by atoms with Crippen LogP contribution in [0.5, 0.6) is 5.88 Å². The quantitative estimate of drug-likeness (QED) is 0.734. The van der Waals surface area contributed by atoms with E-state index in [1.54, 1.807) is 23.8 Å². The fraction of sp³-hybridized carbons (Fsp3) is 0.143. The van der Waals surface area contributed by atoms with Crippen LogP contribution in [0, 0.1) is 17.5 Å². The van der Waals surface area contributed by atoms with E-state index >= 15 is 0 Å². The molecule has 2 heterocycles. The van der Waals surface area contributed by atoms with Gasteiger partial charge in [-0.15, -0.1) is 0 Å². The molecule has 102 valence electrons. The average molecular weight is 289 g/mol. The Kier molecular flexibility index (Phi) is 3.02. The van der Waals surface area contributed by atoms with Crippen LogP contribution in [0.15, 0.2) is 30.3 Å². The van der Waals surface area contributed by atoms with Gasteiger partial charge in [-0.3, -0.25) is 4.57 Å². The van der Waals surface area contributed by atoms with Crippen molar-refractivity contribution >= 4 is 23.4 Å². The van der Waals surface area contributed by atoms with Gasteiger partial charge in [0.2, 0.25) is 5.88 Å². The molecule has 1 aromatic carbocycles. The van der Waals surface area contributed by atoms with Crippen LogP contribution in [0.25, 0.3) is 16.9 Å². The van der Waals surface area contributed by atoms with Crippen LogP contribution < -0.4 is 4.74 Å².